The van der Waals surface area contributed by atoms with Gasteiger partial charge in [0.05, 0.1) is 0 Å². The minimum absolute atomic E-state index is 0.727. The lowest BCUT2D eigenvalue weighted by atomic mass is 10.1. The molecule has 0 aliphatic heterocycles. The molecule has 0 atom stereocenters. The number of fused-ring (bicyclic) bond motifs is 1. The lowest BCUT2D eigenvalue weighted by Crippen LogP contribution is -2.07. The Balaban J connectivity index is 2.09. The van der Waals surface area contributed by atoms with Gasteiger partial charge in [-0.15, -0.1) is 0 Å². The number of hydrogen-bond acceptors (Lipinski definition) is 4. The van der Waals surface area contributed by atoms with Gasteiger partial charge in [0.1, 0.15) is 11.5 Å². The van der Waals surface area contributed by atoms with Crippen LogP contribution < -0.4 is 5.32 Å². The Kier molecular flexibility index (Phi) is 3.19. The summed E-state index contributed by atoms with van der Waals surface area (Å²) in [5.74, 6) is 1.69. The van der Waals surface area contributed by atoms with Gasteiger partial charge >= 0.3 is 0 Å². The molecule has 5 heteroatoms. The van der Waals surface area contributed by atoms with Crippen molar-refractivity contribution in [3.63, 3.8) is 0 Å². The van der Waals surface area contributed by atoms with Crippen LogP contribution in [0.5, 0.6) is 0 Å². The van der Waals surface area contributed by atoms with Crippen molar-refractivity contribution < 1.29 is 0 Å². The maximum absolute atomic E-state index is 4.74. The fraction of sp³-hybridized carbons (Fsp3) is 0.500. The molecule has 0 amide bonds. The van der Waals surface area contributed by atoms with E-state index in [4.69, 9.17) is 4.98 Å². The predicted octanol–water partition coefficient (Wildman–Crippen LogP) is 2.19. The Morgan fingerprint density at radius 1 is 1.16 bits per heavy atom. The molecular formula is C14H19N5. The first-order valence-corrected chi connectivity index (χ1v) is 6.85. The maximum Gasteiger partial charge on any atom is 0.182 e. The Hall–Kier alpha value is -1.91. The van der Waals surface area contributed by atoms with Crippen molar-refractivity contribution in [2.24, 2.45) is 7.05 Å². The summed E-state index contributed by atoms with van der Waals surface area (Å²) in [6.07, 6.45) is 7.77. The molecule has 19 heavy (non-hydrogen) atoms. The Morgan fingerprint density at radius 2 is 2.00 bits per heavy atom. The average molecular weight is 257 g/mol. The Bertz CT molecular complexity index is 588. The molecule has 100 valence electrons. The van der Waals surface area contributed by atoms with E-state index < -0.39 is 0 Å². The van der Waals surface area contributed by atoms with E-state index in [0.29, 0.717) is 0 Å². The molecular weight excluding hydrogens is 238 g/mol. The summed E-state index contributed by atoms with van der Waals surface area (Å²) in [4.78, 5) is 9.37. The quantitative estimate of drug-likeness (QED) is 0.838. The highest BCUT2D eigenvalue weighted by molar-refractivity contribution is 5.56. The van der Waals surface area contributed by atoms with Crippen molar-refractivity contribution in [3.05, 3.63) is 23.5 Å². The number of hydrogen-bond donors (Lipinski definition) is 1. The van der Waals surface area contributed by atoms with Gasteiger partial charge in [0.2, 0.25) is 0 Å². The summed E-state index contributed by atoms with van der Waals surface area (Å²) in [6.45, 7) is 0. The highest BCUT2D eigenvalue weighted by Gasteiger charge is 2.17. The minimum Gasteiger partial charge on any atom is -0.373 e. The summed E-state index contributed by atoms with van der Waals surface area (Å²) in [5.41, 5.74) is 3.32. The molecule has 3 rings (SSSR count). The molecule has 0 saturated heterocycles. The van der Waals surface area contributed by atoms with Crippen molar-refractivity contribution in [1.29, 1.82) is 0 Å². The molecule has 0 unspecified atom stereocenters. The molecule has 1 aliphatic rings. The van der Waals surface area contributed by atoms with Crippen molar-refractivity contribution in [1.82, 2.24) is 19.7 Å². The van der Waals surface area contributed by atoms with Crippen LogP contribution in [0.15, 0.2) is 12.3 Å². The first kappa shape index (κ1) is 12.1. The number of anilines is 1. The van der Waals surface area contributed by atoms with Crippen molar-refractivity contribution >= 4 is 5.82 Å². The van der Waals surface area contributed by atoms with Crippen LogP contribution in [-0.4, -0.2) is 26.8 Å². The van der Waals surface area contributed by atoms with E-state index in [9.17, 15) is 0 Å². The second-order valence-corrected chi connectivity index (χ2v) is 5.01. The van der Waals surface area contributed by atoms with Crippen molar-refractivity contribution in [2.75, 3.05) is 12.4 Å². The third-order valence-electron chi connectivity index (χ3n) is 3.61. The van der Waals surface area contributed by atoms with Gasteiger partial charge in [-0.3, -0.25) is 4.68 Å². The summed E-state index contributed by atoms with van der Waals surface area (Å²) < 4.78 is 1.78. The number of nitrogens with one attached hydrogen (secondary N) is 1. The molecule has 0 spiro atoms. The van der Waals surface area contributed by atoms with Crippen LogP contribution in [0.4, 0.5) is 5.82 Å². The Labute approximate surface area is 113 Å². The van der Waals surface area contributed by atoms with Gasteiger partial charge in [0, 0.05) is 31.5 Å². The topological polar surface area (TPSA) is 55.6 Å². The number of aryl methyl sites for hydroxylation is 2. The van der Waals surface area contributed by atoms with E-state index in [2.05, 4.69) is 15.4 Å². The minimum atomic E-state index is 0.727. The van der Waals surface area contributed by atoms with Crippen molar-refractivity contribution in [3.8, 4) is 11.5 Å². The Morgan fingerprint density at radius 3 is 2.74 bits per heavy atom. The normalized spacial score (nSPS) is 14.8. The summed E-state index contributed by atoms with van der Waals surface area (Å²) in [7, 11) is 3.83. The predicted molar refractivity (Wildman–Crippen MR) is 75.0 cm³/mol. The van der Waals surface area contributed by atoms with Gasteiger partial charge in [-0.2, -0.15) is 5.10 Å². The van der Waals surface area contributed by atoms with E-state index in [1.54, 1.807) is 4.68 Å². The monoisotopic (exact) mass is 257 g/mol. The lowest BCUT2D eigenvalue weighted by Gasteiger charge is -2.11. The van der Waals surface area contributed by atoms with Gasteiger partial charge in [-0.1, -0.05) is 6.42 Å². The molecule has 0 aromatic carbocycles. The van der Waals surface area contributed by atoms with Crippen LogP contribution in [0.2, 0.25) is 0 Å². The smallest absolute Gasteiger partial charge is 0.182 e. The zero-order valence-electron chi connectivity index (χ0n) is 11.5. The summed E-state index contributed by atoms with van der Waals surface area (Å²) in [6, 6.07) is 1.96. The number of rotatable bonds is 2. The highest BCUT2D eigenvalue weighted by Crippen LogP contribution is 2.27. The van der Waals surface area contributed by atoms with E-state index in [-0.39, 0.29) is 0 Å². The summed E-state index contributed by atoms with van der Waals surface area (Å²) >= 11 is 0. The van der Waals surface area contributed by atoms with Gasteiger partial charge in [0.25, 0.3) is 0 Å². The second kappa shape index (κ2) is 4.99. The zero-order valence-corrected chi connectivity index (χ0v) is 11.5. The van der Waals surface area contributed by atoms with Gasteiger partial charge < -0.3 is 5.32 Å². The maximum atomic E-state index is 4.74. The van der Waals surface area contributed by atoms with Crippen LogP contribution >= 0.6 is 0 Å². The van der Waals surface area contributed by atoms with Crippen LogP contribution in [-0.2, 0) is 19.9 Å². The molecule has 5 nitrogen and oxygen atoms in total. The standard InChI is InChI=1S/C14H19N5/c1-15-13-10-6-4-3-5-7-11(10)16-14(17-13)12-8-9-19(2)18-12/h8-9H,3-7H2,1-2H3,(H,15,16,17). The van der Waals surface area contributed by atoms with Gasteiger partial charge in [-0.05, 0) is 31.7 Å². The van der Waals surface area contributed by atoms with Gasteiger partial charge in [-0.25, -0.2) is 9.97 Å². The first-order chi connectivity index (χ1) is 9.28. The van der Waals surface area contributed by atoms with E-state index in [1.807, 2.05) is 26.4 Å². The van der Waals surface area contributed by atoms with Crippen LogP contribution in [0.3, 0.4) is 0 Å². The van der Waals surface area contributed by atoms with E-state index in [1.165, 1.54) is 30.5 Å². The molecule has 0 radical (unpaired) electrons. The molecule has 1 aliphatic carbocycles. The number of nitrogens with zero attached hydrogens (tertiary/aromatic N) is 4. The van der Waals surface area contributed by atoms with Gasteiger partial charge in [0.15, 0.2) is 5.82 Å². The van der Waals surface area contributed by atoms with Crippen molar-refractivity contribution in [2.45, 2.75) is 32.1 Å². The number of aromatic nitrogens is 4. The van der Waals surface area contributed by atoms with E-state index in [0.717, 1.165) is 30.2 Å². The third kappa shape index (κ3) is 2.32. The molecule has 2 aromatic heterocycles. The second-order valence-electron chi connectivity index (χ2n) is 5.01. The summed E-state index contributed by atoms with van der Waals surface area (Å²) in [5, 5.41) is 7.61. The zero-order chi connectivity index (χ0) is 13.2. The molecule has 2 aromatic rings. The van der Waals surface area contributed by atoms with Crippen LogP contribution in [0.25, 0.3) is 11.5 Å². The SMILES string of the molecule is CNc1nc(-c2ccn(C)n2)nc2c1CCCCC2. The molecule has 1 N–H and O–H groups in total. The molecule has 2 heterocycles. The third-order valence-corrected chi connectivity index (χ3v) is 3.61. The lowest BCUT2D eigenvalue weighted by molar-refractivity contribution is 0.709. The highest BCUT2D eigenvalue weighted by atomic mass is 15.3. The molecule has 0 bridgehead atoms. The first-order valence-electron chi connectivity index (χ1n) is 6.85. The fourth-order valence-electron chi connectivity index (χ4n) is 2.63. The fourth-order valence-corrected chi connectivity index (χ4v) is 2.63. The average Bonchev–Trinajstić information content (AvgIpc) is 2.72. The van der Waals surface area contributed by atoms with E-state index >= 15 is 0 Å². The van der Waals surface area contributed by atoms with Crippen LogP contribution in [0, 0.1) is 0 Å². The van der Waals surface area contributed by atoms with Crippen LogP contribution in [0.1, 0.15) is 30.5 Å². The molecule has 0 saturated carbocycles. The molecule has 0 fully saturated rings. The largest absolute Gasteiger partial charge is 0.373 e.